The van der Waals surface area contributed by atoms with Crippen molar-refractivity contribution in [2.45, 2.75) is 69.8 Å². The van der Waals surface area contributed by atoms with E-state index in [1.807, 2.05) is 12.1 Å². The number of amides is 1. The molecule has 5 rings (SSSR count). The van der Waals surface area contributed by atoms with Crippen molar-refractivity contribution in [3.63, 3.8) is 0 Å². The summed E-state index contributed by atoms with van der Waals surface area (Å²) in [6, 6.07) is 8.38. The molecular formula is C29H37N5O2. The molecule has 1 amide bonds. The zero-order valence-corrected chi connectivity index (χ0v) is 21.5. The van der Waals surface area contributed by atoms with Gasteiger partial charge in [0.05, 0.1) is 18.4 Å². The van der Waals surface area contributed by atoms with Gasteiger partial charge in [-0.2, -0.15) is 5.26 Å². The third-order valence-electron chi connectivity index (χ3n) is 8.50. The number of H-pyrrole nitrogens is 1. The largest absolute Gasteiger partial charge is 0.369 e. The normalized spacial score (nSPS) is 20.1. The van der Waals surface area contributed by atoms with Crippen LogP contribution >= 0.6 is 0 Å². The van der Waals surface area contributed by atoms with Crippen LogP contribution in [0.5, 0.6) is 0 Å². The monoisotopic (exact) mass is 487 g/mol. The summed E-state index contributed by atoms with van der Waals surface area (Å²) in [5.41, 5.74) is 4.90. The minimum Gasteiger partial charge on any atom is -0.369 e. The number of nitriles is 1. The molecule has 2 N–H and O–H groups in total. The molecule has 0 radical (unpaired) electrons. The number of aromatic amines is 1. The van der Waals surface area contributed by atoms with Crippen molar-refractivity contribution in [2.24, 2.45) is 5.41 Å². The van der Waals surface area contributed by atoms with E-state index in [0.717, 1.165) is 43.5 Å². The average Bonchev–Trinajstić information content (AvgIpc) is 3.52. The van der Waals surface area contributed by atoms with Gasteiger partial charge in [0.25, 0.3) is 5.91 Å². The number of anilines is 1. The number of aromatic nitrogens is 2. The van der Waals surface area contributed by atoms with Crippen LogP contribution in [0.2, 0.25) is 0 Å². The number of carbonyl (C=O) groups is 1. The quantitative estimate of drug-likeness (QED) is 0.504. The van der Waals surface area contributed by atoms with E-state index in [2.05, 4.69) is 52.5 Å². The highest BCUT2D eigenvalue weighted by Gasteiger charge is 2.41. The third kappa shape index (κ3) is 4.98. The van der Waals surface area contributed by atoms with E-state index in [0.29, 0.717) is 12.0 Å². The van der Waals surface area contributed by atoms with Gasteiger partial charge in [0.15, 0.2) is 5.82 Å². The molecule has 2 fully saturated rings. The van der Waals surface area contributed by atoms with Crippen molar-refractivity contribution in [3.8, 4) is 6.07 Å². The summed E-state index contributed by atoms with van der Waals surface area (Å²) < 4.78 is 6.49. The number of imidazole rings is 1. The zero-order chi connectivity index (χ0) is 25.2. The van der Waals surface area contributed by atoms with Crippen LogP contribution in [0.15, 0.2) is 30.5 Å². The lowest BCUT2D eigenvalue weighted by Gasteiger charge is -2.43. The van der Waals surface area contributed by atoms with E-state index < -0.39 is 0 Å². The van der Waals surface area contributed by atoms with E-state index in [9.17, 15) is 4.79 Å². The molecule has 0 bridgehead atoms. The molecule has 0 unspecified atom stereocenters. The number of benzene rings is 1. The van der Waals surface area contributed by atoms with Gasteiger partial charge in [0.1, 0.15) is 11.8 Å². The number of hydrogen-bond acceptors (Lipinski definition) is 5. The minimum absolute atomic E-state index is 0.145. The van der Waals surface area contributed by atoms with Crippen molar-refractivity contribution in [1.82, 2.24) is 14.9 Å². The average molecular weight is 488 g/mol. The van der Waals surface area contributed by atoms with Crippen molar-refractivity contribution in [3.05, 3.63) is 53.1 Å². The summed E-state index contributed by atoms with van der Waals surface area (Å²) in [7, 11) is 4.13. The molecule has 2 saturated carbocycles. The Morgan fingerprint density at radius 2 is 2.00 bits per heavy atom. The molecule has 1 heterocycles. The van der Waals surface area contributed by atoms with Gasteiger partial charge in [-0.15, -0.1) is 0 Å². The Kier molecular flexibility index (Phi) is 7.00. The van der Waals surface area contributed by atoms with Crippen LogP contribution in [-0.4, -0.2) is 48.0 Å². The lowest BCUT2D eigenvalue weighted by molar-refractivity contribution is -0.109. The third-order valence-corrected chi connectivity index (χ3v) is 8.50. The SMILES string of the molecule is CN(C)CCOC1(c2ccc(NC(=O)c3ncc(C#N)[nH]3)c(C3=CCC4(CCCC4)CC3)c2)CCC1. The van der Waals surface area contributed by atoms with E-state index in [1.54, 1.807) is 0 Å². The first-order valence-corrected chi connectivity index (χ1v) is 13.3. The summed E-state index contributed by atoms with van der Waals surface area (Å²) in [6.45, 7) is 1.59. The molecule has 1 aromatic heterocycles. The molecule has 3 aliphatic rings. The van der Waals surface area contributed by atoms with Crippen LogP contribution in [0, 0.1) is 16.7 Å². The highest BCUT2D eigenvalue weighted by atomic mass is 16.5. The van der Waals surface area contributed by atoms with Crippen LogP contribution in [-0.2, 0) is 10.3 Å². The second-order valence-electron chi connectivity index (χ2n) is 11.1. The highest BCUT2D eigenvalue weighted by Crippen LogP contribution is 2.51. The van der Waals surface area contributed by atoms with E-state index in [4.69, 9.17) is 10.00 Å². The van der Waals surface area contributed by atoms with Gasteiger partial charge in [0, 0.05) is 17.8 Å². The van der Waals surface area contributed by atoms with Gasteiger partial charge in [-0.05, 0) is 94.1 Å². The number of nitrogens with zero attached hydrogens (tertiary/aromatic N) is 3. The lowest BCUT2D eigenvalue weighted by atomic mass is 9.71. The molecule has 0 aliphatic heterocycles. The minimum atomic E-state index is -0.338. The fraction of sp³-hybridized carbons (Fsp3) is 0.552. The highest BCUT2D eigenvalue weighted by molar-refractivity contribution is 6.03. The van der Waals surface area contributed by atoms with E-state index in [-0.39, 0.29) is 23.0 Å². The second-order valence-corrected chi connectivity index (χ2v) is 11.1. The van der Waals surface area contributed by atoms with E-state index >= 15 is 0 Å². The first-order valence-electron chi connectivity index (χ1n) is 13.3. The summed E-state index contributed by atoms with van der Waals surface area (Å²) >= 11 is 0. The van der Waals surface area contributed by atoms with Crippen molar-refractivity contribution >= 4 is 17.2 Å². The van der Waals surface area contributed by atoms with Crippen LogP contribution < -0.4 is 5.32 Å². The molecule has 0 atom stereocenters. The molecule has 7 heteroatoms. The predicted octanol–water partition coefficient (Wildman–Crippen LogP) is 5.62. The Balaban J connectivity index is 1.45. The maximum atomic E-state index is 13.0. The molecule has 36 heavy (non-hydrogen) atoms. The molecule has 1 spiro atoms. The molecule has 2 aromatic rings. The first-order chi connectivity index (χ1) is 17.4. The van der Waals surface area contributed by atoms with Crippen molar-refractivity contribution < 1.29 is 9.53 Å². The maximum Gasteiger partial charge on any atom is 0.291 e. The van der Waals surface area contributed by atoms with Gasteiger partial charge in [-0.1, -0.05) is 25.0 Å². The Labute approximate surface area is 213 Å². The summed E-state index contributed by atoms with van der Waals surface area (Å²) in [5.74, 6) is -0.193. The van der Waals surface area contributed by atoms with Gasteiger partial charge in [0.2, 0.25) is 0 Å². The number of ether oxygens (including phenoxy) is 1. The number of hydrogen-bond donors (Lipinski definition) is 2. The Bertz CT molecular complexity index is 1180. The smallest absolute Gasteiger partial charge is 0.291 e. The topological polar surface area (TPSA) is 94.0 Å². The molecule has 0 saturated heterocycles. The number of nitrogens with one attached hydrogen (secondary N) is 2. The number of allylic oxidation sites excluding steroid dienone is 2. The first kappa shape index (κ1) is 24.7. The zero-order valence-electron chi connectivity index (χ0n) is 21.5. The molecule has 7 nitrogen and oxygen atoms in total. The predicted molar refractivity (Wildman–Crippen MR) is 140 cm³/mol. The summed E-state index contributed by atoms with van der Waals surface area (Å²) in [5, 5.41) is 12.1. The number of rotatable bonds is 8. The number of likely N-dealkylation sites (N-methyl/N-ethyl adjacent to an activating group) is 1. The standard InChI is InChI=1S/C29H37N5O2/c1-34(2)16-17-36-29(12-5-13-29)22-6-7-25(33-27(35)26-31-20-23(19-30)32-26)24(18-22)21-8-14-28(15-9-21)10-3-4-11-28/h6-8,18,20H,3-5,9-17H2,1-2H3,(H,31,32)(H,33,35). The summed E-state index contributed by atoms with van der Waals surface area (Å²) in [4.78, 5) is 22.0. The van der Waals surface area contributed by atoms with Crippen LogP contribution in [0.25, 0.3) is 5.57 Å². The Hall–Kier alpha value is -2.95. The second kappa shape index (κ2) is 10.2. The van der Waals surface area contributed by atoms with Crippen LogP contribution in [0.1, 0.15) is 91.6 Å². The molecular weight excluding hydrogens is 450 g/mol. The maximum absolute atomic E-state index is 13.0. The van der Waals surface area contributed by atoms with E-state index in [1.165, 1.54) is 55.9 Å². The van der Waals surface area contributed by atoms with Crippen molar-refractivity contribution in [2.75, 3.05) is 32.6 Å². The number of carbonyl (C=O) groups excluding carboxylic acids is 1. The van der Waals surface area contributed by atoms with Gasteiger partial charge >= 0.3 is 0 Å². The van der Waals surface area contributed by atoms with Crippen LogP contribution in [0.4, 0.5) is 5.69 Å². The fourth-order valence-corrected chi connectivity index (χ4v) is 6.08. The molecule has 1 aromatic carbocycles. The van der Waals surface area contributed by atoms with Gasteiger partial charge in [-0.25, -0.2) is 4.98 Å². The summed E-state index contributed by atoms with van der Waals surface area (Å²) in [6.07, 6.45) is 15.8. The Morgan fingerprint density at radius 1 is 1.19 bits per heavy atom. The van der Waals surface area contributed by atoms with Crippen molar-refractivity contribution in [1.29, 1.82) is 5.26 Å². The lowest BCUT2D eigenvalue weighted by Crippen LogP contribution is -2.39. The Morgan fingerprint density at radius 3 is 2.61 bits per heavy atom. The van der Waals surface area contributed by atoms with Gasteiger partial charge in [-0.3, -0.25) is 4.79 Å². The van der Waals surface area contributed by atoms with Crippen LogP contribution in [0.3, 0.4) is 0 Å². The molecule has 3 aliphatic carbocycles. The van der Waals surface area contributed by atoms with Gasteiger partial charge < -0.3 is 19.9 Å². The fourth-order valence-electron chi connectivity index (χ4n) is 6.08. The molecule has 190 valence electrons.